The molecule has 7 heteroatoms. The number of hydrogen-bond donors (Lipinski definition) is 1. The Morgan fingerprint density at radius 2 is 2.20 bits per heavy atom. The van der Waals surface area contributed by atoms with Gasteiger partial charge < -0.3 is 5.11 Å². The van der Waals surface area contributed by atoms with Gasteiger partial charge in [0.15, 0.2) is 0 Å². The van der Waals surface area contributed by atoms with Crippen LogP contribution in [0.2, 0.25) is 5.02 Å². The van der Waals surface area contributed by atoms with E-state index in [2.05, 4.69) is 0 Å². The topological polar surface area (TPSA) is 81.4 Å². The maximum Gasteiger partial charge on any atom is 0.243 e. The van der Waals surface area contributed by atoms with E-state index in [0.717, 1.165) is 0 Å². The zero-order chi connectivity index (χ0) is 14.9. The van der Waals surface area contributed by atoms with Crippen LogP contribution in [-0.2, 0) is 10.0 Å². The average molecular weight is 315 g/mol. The fourth-order valence-electron chi connectivity index (χ4n) is 2.32. The third kappa shape index (κ3) is 2.67. The van der Waals surface area contributed by atoms with E-state index in [1.54, 1.807) is 0 Å². The van der Waals surface area contributed by atoms with Crippen molar-refractivity contribution in [2.45, 2.75) is 11.8 Å². The number of sulfonamides is 1. The minimum atomic E-state index is -3.65. The van der Waals surface area contributed by atoms with Crippen molar-refractivity contribution in [1.29, 1.82) is 5.26 Å². The minimum Gasteiger partial charge on any atom is -0.396 e. The Bertz CT molecular complexity index is 654. The van der Waals surface area contributed by atoms with Crippen LogP contribution in [0.15, 0.2) is 23.1 Å². The molecule has 1 aliphatic heterocycles. The molecule has 0 aliphatic carbocycles. The molecule has 0 amide bonds. The van der Waals surface area contributed by atoms with Gasteiger partial charge in [-0.3, -0.25) is 0 Å². The van der Waals surface area contributed by atoms with Crippen LogP contribution in [-0.4, -0.2) is 37.5 Å². The van der Waals surface area contributed by atoms with Gasteiger partial charge in [0.2, 0.25) is 10.0 Å². The summed E-state index contributed by atoms with van der Waals surface area (Å²) in [7, 11) is -3.65. The molecular weight excluding hydrogens is 300 g/mol. The molecule has 1 N–H and O–H groups in total. The molecule has 0 bridgehead atoms. The highest BCUT2D eigenvalue weighted by atomic mass is 35.5. The van der Waals surface area contributed by atoms with Gasteiger partial charge in [-0.25, -0.2) is 8.42 Å². The lowest BCUT2D eigenvalue weighted by Gasteiger charge is -2.16. The molecule has 0 radical (unpaired) electrons. The van der Waals surface area contributed by atoms with Gasteiger partial charge in [-0.15, -0.1) is 0 Å². The van der Waals surface area contributed by atoms with Crippen LogP contribution in [0.1, 0.15) is 12.5 Å². The Labute approximate surface area is 123 Å². The Morgan fingerprint density at radius 3 is 2.75 bits per heavy atom. The summed E-state index contributed by atoms with van der Waals surface area (Å²) >= 11 is 5.81. The molecule has 1 aliphatic rings. The number of aliphatic hydroxyl groups excluding tert-OH is 1. The zero-order valence-corrected chi connectivity index (χ0v) is 12.5. The Morgan fingerprint density at radius 1 is 1.50 bits per heavy atom. The SMILES string of the molecule is C[C@@H]1CN(S(=O)(=O)c2ccc(Cl)c(C#N)c2)C[C@H]1CO. The first kappa shape index (κ1) is 15.3. The summed E-state index contributed by atoms with van der Waals surface area (Å²) in [5.41, 5.74) is 0.138. The Balaban J connectivity index is 2.35. The number of rotatable bonds is 3. The van der Waals surface area contributed by atoms with Crippen LogP contribution in [0.25, 0.3) is 0 Å². The lowest BCUT2D eigenvalue weighted by molar-refractivity contribution is 0.210. The second-order valence-corrected chi connectivity index (χ2v) is 7.34. The number of nitrogens with zero attached hydrogens (tertiary/aromatic N) is 2. The molecule has 1 aromatic carbocycles. The van der Waals surface area contributed by atoms with Crippen molar-refractivity contribution in [1.82, 2.24) is 4.31 Å². The monoisotopic (exact) mass is 314 g/mol. The zero-order valence-electron chi connectivity index (χ0n) is 11.0. The van der Waals surface area contributed by atoms with E-state index < -0.39 is 10.0 Å². The van der Waals surface area contributed by atoms with Gasteiger partial charge >= 0.3 is 0 Å². The largest absolute Gasteiger partial charge is 0.396 e. The molecule has 1 fully saturated rings. The van der Waals surface area contributed by atoms with Crippen molar-refractivity contribution < 1.29 is 13.5 Å². The van der Waals surface area contributed by atoms with Gasteiger partial charge in [0, 0.05) is 19.7 Å². The van der Waals surface area contributed by atoms with Gasteiger partial charge in [0.1, 0.15) is 6.07 Å². The number of halogens is 1. The van der Waals surface area contributed by atoms with Crippen LogP contribution in [0.5, 0.6) is 0 Å². The summed E-state index contributed by atoms with van der Waals surface area (Å²) in [6, 6.07) is 5.97. The maximum atomic E-state index is 12.5. The van der Waals surface area contributed by atoms with Gasteiger partial charge in [-0.05, 0) is 30.0 Å². The standard InChI is InChI=1S/C13H15ClN2O3S/c1-9-6-16(7-11(9)8-17)20(18,19)12-2-3-13(14)10(4-12)5-15/h2-4,9,11,17H,6-8H2,1H3/t9-,11+/m1/s1. The van der Waals surface area contributed by atoms with E-state index in [0.29, 0.717) is 13.1 Å². The van der Waals surface area contributed by atoms with Crippen molar-refractivity contribution >= 4 is 21.6 Å². The molecule has 1 heterocycles. The molecule has 5 nitrogen and oxygen atoms in total. The molecular formula is C13H15ClN2O3S. The second-order valence-electron chi connectivity index (χ2n) is 5.00. The number of aliphatic hydroxyl groups is 1. The highest BCUT2D eigenvalue weighted by molar-refractivity contribution is 7.89. The van der Waals surface area contributed by atoms with Gasteiger partial charge in [-0.2, -0.15) is 9.57 Å². The average Bonchev–Trinajstić information content (AvgIpc) is 2.81. The van der Waals surface area contributed by atoms with Crippen molar-refractivity contribution in [3.8, 4) is 6.07 Å². The number of benzene rings is 1. The summed E-state index contributed by atoms with van der Waals surface area (Å²) in [4.78, 5) is 0.0595. The van der Waals surface area contributed by atoms with Crippen molar-refractivity contribution in [2.75, 3.05) is 19.7 Å². The van der Waals surface area contributed by atoms with Crippen LogP contribution in [0.3, 0.4) is 0 Å². The fraction of sp³-hybridized carbons (Fsp3) is 0.462. The van der Waals surface area contributed by atoms with Crippen molar-refractivity contribution in [2.24, 2.45) is 11.8 Å². The van der Waals surface area contributed by atoms with Gasteiger partial charge in [-0.1, -0.05) is 18.5 Å². The molecule has 108 valence electrons. The highest BCUT2D eigenvalue weighted by Gasteiger charge is 2.36. The quantitative estimate of drug-likeness (QED) is 0.915. The van der Waals surface area contributed by atoms with Crippen LogP contribution >= 0.6 is 11.6 Å². The minimum absolute atomic E-state index is 0.0305. The van der Waals surface area contributed by atoms with Crippen molar-refractivity contribution in [3.05, 3.63) is 28.8 Å². The van der Waals surface area contributed by atoms with E-state index >= 15 is 0 Å². The molecule has 0 unspecified atom stereocenters. The van der Waals surface area contributed by atoms with Gasteiger partial charge in [0.25, 0.3) is 0 Å². The van der Waals surface area contributed by atoms with E-state index in [1.165, 1.54) is 22.5 Å². The third-order valence-electron chi connectivity index (χ3n) is 3.67. The fourth-order valence-corrected chi connectivity index (χ4v) is 4.10. The molecule has 0 aromatic heterocycles. The van der Waals surface area contributed by atoms with E-state index in [9.17, 15) is 13.5 Å². The van der Waals surface area contributed by atoms with E-state index in [4.69, 9.17) is 16.9 Å². The van der Waals surface area contributed by atoms with E-state index in [1.807, 2.05) is 13.0 Å². The number of nitriles is 1. The van der Waals surface area contributed by atoms with Gasteiger partial charge in [0.05, 0.1) is 15.5 Å². The molecule has 1 saturated heterocycles. The molecule has 0 spiro atoms. The molecule has 0 saturated carbocycles. The Hall–Kier alpha value is -1.13. The molecule has 2 rings (SSSR count). The first-order valence-electron chi connectivity index (χ1n) is 6.20. The summed E-state index contributed by atoms with van der Waals surface area (Å²) < 4.78 is 26.4. The summed E-state index contributed by atoms with van der Waals surface area (Å²) in [5.74, 6) is 0.0602. The normalized spacial score (nSPS) is 23.7. The van der Waals surface area contributed by atoms with Crippen molar-refractivity contribution in [3.63, 3.8) is 0 Å². The summed E-state index contributed by atoms with van der Waals surface area (Å²) in [6.07, 6.45) is 0. The first-order valence-corrected chi connectivity index (χ1v) is 8.02. The summed E-state index contributed by atoms with van der Waals surface area (Å²) in [6.45, 7) is 2.55. The van der Waals surface area contributed by atoms with Crippen LogP contribution in [0.4, 0.5) is 0 Å². The summed E-state index contributed by atoms with van der Waals surface area (Å²) in [5, 5.41) is 18.4. The molecule has 1 aromatic rings. The highest BCUT2D eigenvalue weighted by Crippen LogP contribution is 2.29. The molecule has 2 atom stereocenters. The lowest BCUT2D eigenvalue weighted by Crippen LogP contribution is -2.29. The lowest BCUT2D eigenvalue weighted by atomic mass is 10.00. The third-order valence-corrected chi connectivity index (χ3v) is 5.82. The molecule has 20 heavy (non-hydrogen) atoms. The Kier molecular flexibility index (Phi) is 4.35. The predicted molar refractivity (Wildman–Crippen MR) is 74.7 cm³/mol. The van der Waals surface area contributed by atoms with Crippen LogP contribution in [0, 0.1) is 23.2 Å². The van der Waals surface area contributed by atoms with Crippen LogP contribution < -0.4 is 0 Å². The first-order chi connectivity index (χ1) is 9.40. The maximum absolute atomic E-state index is 12.5. The number of hydrogen-bond acceptors (Lipinski definition) is 4. The smallest absolute Gasteiger partial charge is 0.243 e. The second kappa shape index (κ2) is 5.70. The predicted octanol–water partition coefficient (Wildman–Crippen LogP) is 1.46. The van der Waals surface area contributed by atoms with E-state index in [-0.39, 0.29) is 33.9 Å².